The molecule has 1 aromatic heterocycles. The first-order valence-electron chi connectivity index (χ1n) is 10.6. The average molecular weight is 505 g/mol. The molecule has 0 spiro atoms. The van der Waals surface area contributed by atoms with Gasteiger partial charge in [0.15, 0.2) is 5.82 Å². The Balaban J connectivity index is 1.41. The standard InChI is InChI=1S/C22H24N4O6S2/c1-16-15-21(24-32-16)25-33(28,29)19-11-7-18(8-12-19)23-22(27)17-5-9-20(10-6-17)34(30,31)26-13-3-2-4-14-26/h5-12,15H,2-4,13-14H2,1H3,(H,23,27)(H,24,25). The van der Waals surface area contributed by atoms with Gasteiger partial charge in [0, 0.05) is 30.4 Å². The topological polar surface area (TPSA) is 139 Å². The Morgan fingerprint density at radius 1 is 0.912 bits per heavy atom. The van der Waals surface area contributed by atoms with Crippen LogP contribution in [0, 0.1) is 6.92 Å². The Morgan fingerprint density at radius 2 is 1.53 bits per heavy atom. The van der Waals surface area contributed by atoms with Crippen molar-refractivity contribution in [3.8, 4) is 0 Å². The van der Waals surface area contributed by atoms with Gasteiger partial charge >= 0.3 is 0 Å². The minimum absolute atomic E-state index is 0.0153. The van der Waals surface area contributed by atoms with Gasteiger partial charge in [-0.15, -0.1) is 0 Å². The van der Waals surface area contributed by atoms with Gasteiger partial charge in [0.1, 0.15) is 5.76 Å². The van der Waals surface area contributed by atoms with Crippen LogP contribution in [-0.2, 0) is 20.0 Å². The molecule has 2 heterocycles. The van der Waals surface area contributed by atoms with Crippen molar-refractivity contribution < 1.29 is 26.2 Å². The fourth-order valence-electron chi connectivity index (χ4n) is 3.56. The highest BCUT2D eigenvalue weighted by atomic mass is 32.2. The highest BCUT2D eigenvalue weighted by Gasteiger charge is 2.26. The molecule has 1 aliphatic rings. The van der Waals surface area contributed by atoms with E-state index >= 15 is 0 Å². The van der Waals surface area contributed by atoms with Crippen molar-refractivity contribution in [2.75, 3.05) is 23.1 Å². The molecule has 0 unspecified atom stereocenters. The largest absolute Gasteiger partial charge is 0.360 e. The van der Waals surface area contributed by atoms with Crippen molar-refractivity contribution in [2.24, 2.45) is 0 Å². The van der Waals surface area contributed by atoms with Crippen LogP contribution in [0.1, 0.15) is 35.4 Å². The number of rotatable bonds is 7. The maximum atomic E-state index is 12.8. The molecule has 0 bridgehead atoms. The number of nitrogens with zero attached hydrogens (tertiary/aromatic N) is 2. The molecule has 1 amide bonds. The summed E-state index contributed by atoms with van der Waals surface area (Å²) >= 11 is 0. The Kier molecular flexibility index (Phi) is 6.73. The second kappa shape index (κ2) is 9.57. The van der Waals surface area contributed by atoms with Gasteiger partial charge in [0.2, 0.25) is 10.0 Å². The maximum absolute atomic E-state index is 12.8. The molecule has 12 heteroatoms. The predicted molar refractivity (Wildman–Crippen MR) is 125 cm³/mol. The van der Waals surface area contributed by atoms with E-state index in [1.807, 2.05) is 0 Å². The maximum Gasteiger partial charge on any atom is 0.263 e. The number of carbonyl (C=O) groups is 1. The third-order valence-corrected chi connectivity index (χ3v) is 8.64. The summed E-state index contributed by atoms with van der Waals surface area (Å²) in [6, 6.07) is 12.8. The van der Waals surface area contributed by atoms with Gasteiger partial charge in [0.25, 0.3) is 15.9 Å². The van der Waals surface area contributed by atoms with Crippen molar-refractivity contribution in [1.82, 2.24) is 9.46 Å². The summed E-state index contributed by atoms with van der Waals surface area (Å²) in [6.45, 7) is 2.65. The Labute approximate surface area is 198 Å². The number of aromatic nitrogens is 1. The lowest BCUT2D eigenvalue weighted by Gasteiger charge is -2.25. The molecule has 3 aromatic rings. The number of hydrogen-bond donors (Lipinski definition) is 2. The number of amides is 1. The molecule has 2 N–H and O–H groups in total. The van der Waals surface area contributed by atoms with Crippen molar-refractivity contribution in [2.45, 2.75) is 36.0 Å². The number of anilines is 2. The van der Waals surface area contributed by atoms with Crippen LogP contribution in [0.5, 0.6) is 0 Å². The van der Waals surface area contributed by atoms with Gasteiger partial charge < -0.3 is 9.84 Å². The van der Waals surface area contributed by atoms with E-state index in [9.17, 15) is 21.6 Å². The third-order valence-electron chi connectivity index (χ3n) is 5.36. The predicted octanol–water partition coefficient (Wildman–Crippen LogP) is 3.21. The molecule has 0 atom stereocenters. The average Bonchev–Trinajstić information content (AvgIpc) is 3.23. The van der Waals surface area contributed by atoms with Gasteiger partial charge in [-0.05, 0) is 68.3 Å². The molecule has 4 rings (SSSR count). The Hall–Kier alpha value is -3.22. The highest BCUT2D eigenvalue weighted by molar-refractivity contribution is 7.92. The first-order valence-corrected chi connectivity index (χ1v) is 13.6. The summed E-state index contributed by atoms with van der Waals surface area (Å²) in [6.07, 6.45) is 2.71. The number of carbonyl (C=O) groups excluding carboxylic acids is 1. The fourth-order valence-corrected chi connectivity index (χ4v) is 6.07. The molecule has 2 aromatic carbocycles. The van der Waals surface area contributed by atoms with Crippen LogP contribution in [0.25, 0.3) is 0 Å². The smallest absolute Gasteiger partial charge is 0.263 e. The number of hydrogen-bond acceptors (Lipinski definition) is 7. The van der Waals surface area contributed by atoms with E-state index < -0.39 is 26.0 Å². The molecule has 34 heavy (non-hydrogen) atoms. The number of sulfonamides is 2. The molecule has 1 aliphatic heterocycles. The van der Waals surface area contributed by atoms with E-state index in [0.29, 0.717) is 24.5 Å². The van der Waals surface area contributed by atoms with Crippen LogP contribution >= 0.6 is 0 Å². The lowest BCUT2D eigenvalue weighted by Crippen LogP contribution is -2.35. The van der Waals surface area contributed by atoms with E-state index in [4.69, 9.17) is 4.52 Å². The van der Waals surface area contributed by atoms with Crippen molar-refractivity contribution in [3.05, 3.63) is 65.9 Å². The second-order valence-corrected chi connectivity index (χ2v) is 11.5. The first-order chi connectivity index (χ1) is 16.1. The normalized spacial score (nSPS) is 15.1. The molecule has 1 saturated heterocycles. The van der Waals surface area contributed by atoms with Crippen LogP contribution in [0.3, 0.4) is 0 Å². The first kappa shape index (κ1) is 23.9. The number of nitrogens with one attached hydrogen (secondary N) is 2. The van der Waals surface area contributed by atoms with Crippen LogP contribution in [0.2, 0.25) is 0 Å². The molecule has 1 fully saturated rings. The van der Waals surface area contributed by atoms with Gasteiger partial charge in [-0.25, -0.2) is 16.8 Å². The molecule has 10 nitrogen and oxygen atoms in total. The number of aryl methyl sites for hydroxylation is 1. The highest BCUT2D eigenvalue weighted by Crippen LogP contribution is 2.22. The quantitative estimate of drug-likeness (QED) is 0.504. The van der Waals surface area contributed by atoms with Crippen LogP contribution in [0.15, 0.2) is 68.9 Å². The van der Waals surface area contributed by atoms with Gasteiger partial charge in [-0.2, -0.15) is 4.31 Å². The van der Waals surface area contributed by atoms with E-state index in [1.54, 1.807) is 6.92 Å². The lowest BCUT2D eigenvalue weighted by molar-refractivity contribution is 0.102. The summed E-state index contributed by atoms with van der Waals surface area (Å²) in [5.41, 5.74) is 0.656. The number of benzene rings is 2. The molecular formula is C22H24N4O6S2. The third kappa shape index (κ3) is 5.29. The summed E-state index contributed by atoms with van der Waals surface area (Å²) in [4.78, 5) is 12.7. The Morgan fingerprint density at radius 3 is 2.12 bits per heavy atom. The van der Waals surface area contributed by atoms with Crippen molar-refractivity contribution in [3.63, 3.8) is 0 Å². The summed E-state index contributed by atoms with van der Waals surface area (Å²) in [5.74, 6) is 0.0854. The molecule has 0 radical (unpaired) electrons. The minimum atomic E-state index is -3.87. The minimum Gasteiger partial charge on any atom is -0.360 e. The van der Waals surface area contributed by atoms with E-state index in [1.165, 1.54) is 58.9 Å². The van der Waals surface area contributed by atoms with Crippen LogP contribution in [-0.4, -0.2) is 45.3 Å². The van der Waals surface area contributed by atoms with Gasteiger partial charge in [-0.1, -0.05) is 11.6 Å². The van der Waals surface area contributed by atoms with Crippen LogP contribution in [0.4, 0.5) is 11.5 Å². The van der Waals surface area contributed by atoms with Crippen molar-refractivity contribution >= 4 is 37.5 Å². The van der Waals surface area contributed by atoms with Crippen LogP contribution < -0.4 is 10.0 Å². The SMILES string of the molecule is Cc1cc(NS(=O)(=O)c2ccc(NC(=O)c3ccc(S(=O)(=O)N4CCCCC4)cc3)cc2)no1. The monoisotopic (exact) mass is 504 g/mol. The molecule has 180 valence electrons. The van der Waals surface area contributed by atoms with Gasteiger partial charge in [0.05, 0.1) is 9.79 Å². The van der Waals surface area contributed by atoms with Gasteiger partial charge in [-0.3, -0.25) is 9.52 Å². The van der Waals surface area contributed by atoms with Crippen molar-refractivity contribution in [1.29, 1.82) is 0 Å². The Bertz CT molecular complexity index is 1380. The second-order valence-electron chi connectivity index (χ2n) is 7.90. The fraction of sp³-hybridized carbons (Fsp3) is 0.273. The summed E-state index contributed by atoms with van der Waals surface area (Å²) in [7, 11) is -7.45. The molecule has 0 aliphatic carbocycles. The lowest BCUT2D eigenvalue weighted by atomic mass is 10.2. The number of piperidine rings is 1. The molecular weight excluding hydrogens is 480 g/mol. The van der Waals surface area contributed by atoms with E-state index in [0.717, 1.165) is 19.3 Å². The molecule has 0 saturated carbocycles. The van der Waals surface area contributed by atoms with E-state index in [-0.39, 0.29) is 21.2 Å². The summed E-state index contributed by atoms with van der Waals surface area (Å²) in [5, 5.41) is 6.27. The summed E-state index contributed by atoms with van der Waals surface area (Å²) < 4.78 is 59.1. The van der Waals surface area contributed by atoms with E-state index in [2.05, 4.69) is 15.2 Å². The zero-order valence-corrected chi connectivity index (χ0v) is 20.0. The zero-order valence-electron chi connectivity index (χ0n) is 18.4. The zero-order chi connectivity index (χ0) is 24.3.